The Morgan fingerprint density at radius 3 is 2.56 bits per heavy atom. The molecule has 4 heterocycles. The standard InChI is InChI=1S/C18H20ClN7S/c1-11-3-4-14(19)15(5-11)25-7-12-9-26(10-13(12)8-25)18-20-6-16(27-18)17-21-23-24(2)22-17/h3-6,12-13H,7-10H2,1-2H3. The SMILES string of the molecule is Cc1ccc(Cl)c(N2CC3CN(c4ncc(-c5nnn(C)n5)s4)CC3C2)c1. The molecule has 7 nitrogen and oxygen atoms in total. The van der Waals surface area contributed by atoms with Crippen LogP contribution >= 0.6 is 22.9 Å². The van der Waals surface area contributed by atoms with Crippen LogP contribution in [0.3, 0.4) is 0 Å². The van der Waals surface area contributed by atoms with E-state index in [1.54, 1.807) is 18.4 Å². The molecule has 2 fully saturated rings. The predicted molar refractivity (Wildman–Crippen MR) is 108 cm³/mol. The molecule has 9 heteroatoms. The third-order valence-corrected chi connectivity index (χ3v) is 6.79. The van der Waals surface area contributed by atoms with Crippen molar-refractivity contribution < 1.29 is 0 Å². The normalized spacial score (nSPS) is 21.9. The summed E-state index contributed by atoms with van der Waals surface area (Å²) in [5.41, 5.74) is 2.42. The zero-order valence-electron chi connectivity index (χ0n) is 15.2. The average molecular weight is 402 g/mol. The molecule has 140 valence electrons. The van der Waals surface area contributed by atoms with E-state index >= 15 is 0 Å². The lowest BCUT2D eigenvalue weighted by Gasteiger charge is -2.24. The quantitative estimate of drug-likeness (QED) is 0.672. The lowest BCUT2D eigenvalue weighted by atomic mass is 10.0. The van der Waals surface area contributed by atoms with Gasteiger partial charge in [0.25, 0.3) is 0 Å². The van der Waals surface area contributed by atoms with Gasteiger partial charge in [0.2, 0.25) is 5.82 Å². The third-order valence-electron chi connectivity index (χ3n) is 5.42. The van der Waals surface area contributed by atoms with E-state index in [4.69, 9.17) is 11.6 Å². The van der Waals surface area contributed by atoms with Gasteiger partial charge in [-0.05, 0) is 29.8 Å². The number of nitrogens with zero attached hydrogens (tertiary/aromatic N) is 7. The highest BCUT2D eigenvalue weighted by atomic mass is 35.5. The number of fused-ring (bicyclic) bond motifs is 1. The fraction of sp³-hybridized carbons (Fsp3) is 0.444. The summed E-state index contributed by atoms with van der Waals surface area (Å²) < 4.78 is 0. The molecule has 2 unspecified atom stereocenters. The predicted octanol–water partition coefficient (Wildman–Crippen LogP) is 2.87. The summed E-state index contributed by atoms with van der Waals surface area (Å²) in [6.45, 7) is 6.28. The number of aromatic nitrogens is 5. The van der Waals surface area contributed by atoms with E-state index in [-0.39, 0.29) is 0 Å². The van der Waals surface area contributed by atoms with E-state index < -0.39 is 0 Å². The van der Waals surface area contributed by atoms with Crippen molar-refractivity contribution in [1.29, 1.82) is 0 Å². The molecule has 0 N–H and O–H groups in total. The Balaban J connectivity index is 1.29. The summed E-state index contributed by atoms with van der Waals surface area (Å²) >= 11 is 8.08. The number of aryl methyl sites for hydroxylation is 2. The van der Waals surface area contributed by atoms with Crippen molar-refractivity contribution in [3.05, 3.63) is 35.0 Å². The molecule has 5 rings (SSSR count). The van der Waals surface area contributed by atoms with Gasteiger partial charge >= 0.3 is 0 Å². The minimum Gasteiger partial charge on any atom is -0.370 e. The molecule has 0 amide bonds. The Morgan fingerprint density at radius 2 is 1.85 bits per heavy atom. The van der Waals surface area contributed by atoms with E-state index in [1.165, 1.54) is 16.0 Å². The first-order valence-corrected chi connectivity index (χ1v) is 10.2. The second-order valence-electron chi connectivity index (χ2n) is 7.39. The van der Waals surface area contributed by atoms with Crippen LogP contribution in [-0.2, 0) is 7.05 Å². The maximum absolute atomic E-state index is 6.44. The van der Waals surface area contributed by atoms with Gasteiger partial charge < -0.3 is 9.80 Å². The fourth-order valence-electron chi connectivity index (χ4n) is 4.11. The number of halogens is 1. The van der Waals surface area contributed by atoms with Crippen molar-refractivity contribution in [1.82, 2.24) is 25.2 Å². The van der Waals surface area contributed by atoms with Crippen LogP contribution in [0.4, 0.5) is 10.8 Å². The molecule has 0 saturated carbocycles. The summed E-state index contributed by atoms with van der Waals surface area (Å²) in [5, 5.41) is 14.1. The highest BCUT2D eigenvalue weighted by Gasteiger charge is 2.41. The Morgan fingerprint density at radius 1 is 1.11 bits per heavy atom. The first kappa shape index (κ1) is 16.9. The zero-order chi connectivity index (χ0) is 18.5. The average Bonchev–Trinajstić information content (AvgIpc) is 3.38. The second kappa shape index (κ2) is 6.45. The summed E-state index contributed by atoms with van der Waals surface area (Å²) in [5.74, 6) is 1.92. The topological polar surface area (TPSA) is 63.0 Å². The van der Waals surface area contributed by atoms with Crippen LogP contribution in [0.25, 0.3) is 10.7 Å². The van der Waals surface area contributed by atoms with Gasteiger partial charge in [-0.15, -0.1) is 10.2 Å². The van der Waals surface area contributed by atoms with E-state index in [0.29, 0.717) is 17.7 Å². The van der Waals surface area contributed by atoms with Crippen LogP contribution in [0.2, 0.25) is 5.02 Å². The number of benzene rings is 1. The van der Waals surface area contributed by atoms with E-state index in [9.17, 15) is 0 Å². The Hall–Kier alpha value is -2.19. The van der Waals surface area contributed by atoms with Crippen molar-refractivity contribution in [2.75, 3.05) is 36.0 Å². The Bertz CT molecular complexity index is 970. The van der Waals surface area contributed by atoms with E-state index in [1.807, 2.05) is 12.3 Å². The van der Waals surface area contributed by atoms with Gasteiger partial charge in [0.1, 0.15) is 0 Å². The summed E-state index contributed by atoms with van der Waals surface area (Å²) in [7, 11) is 1.77. The van der Waals surface area contributed by atoms with Gasteiger partial charge in [-0.1, -0.05) is 29.0 Å². The lowest BCUT2D eigenvalue weighted by molar-refractivity contribution is 0.533. The number of tetrazole rings is 1. The first-order chi connectivity index (χ1) is 13.1. The molecule has 0 radical (unpaired) electrons. The largest absolute Gasteiger partial charge is 0.370 e. The highest BCUT2D eigenvalue weighted by molar-refractivity contribution is 7.18. The molecule has 3 aromatic rings. The number of hydrogen-bond acceptors (Lipinski definition) is 7. The number of anilines is 2. The summed E-state index contributed by atoms with van der Waals surface area (Å²) in [6, 6.07) is 6.27. The van der Waals surface area contributed by atoms with Gasteiger partial charge in [-0.2, -0.15) is 4.80 Å². The maximum atomic E-state index is 6.44. The molecule has 0 aliphatic carbocycles. The number of thiazole rings is 1. The molecule has 0 spiro atoms. The highest BCUT2D eigenvalue weighted by Crippen LogP contribution is 2.40. The molecule has 1 aromatic carbocycles. The number of rotatable bonds is 3. The summed E-state index contributed by atoms with van der Waals surface area (Å²) in [6.07, 6.45) is 1.85. The van der Waals surface area contributed by atoms with Crippen molar-refractivity contribution in [2.45, 2.75) is 6.92 Å². The zero-order valence-corrected chi connectivity index (χ0v) is 16.8. The molecule has 2 aromatic heterocycles. The van der Waals surface area contributed by atoms with E-state index in [2.05, 4.69) is 49.3 Å². The van der Waals surface area contributed by atoms with Crippen LogP contribution in [-0.4, -0.2) is 51.4 Å². The molecule has 2 saturated heterocycles. The molecule has 27 heavy (non-hydrogen) atoms. The Labute approximate surface area is 166 Å². The monoisotopic (exact) mass is 401 g/mol. The first-order valence-electron chi connectivity index (χ1n) is 9.03. The van der Waals surface area contributed by atoms with Crippen LogP contribution in [0.15, 0.2) is 24.4 Å². The van der Waals surface area contributed by atoms with Crippen molar-refractivity contribution >= 4 is 33.8 Å². The van der Waals surface area contributed by atoms with Gasteiger partial charge in [-0.3, -0.25) is 0 Å². The lowest BCUT2D eigenvalue weighted by Crippen LogP contribution is -2.28. The molecular weight excluding hydrogens is 382 g/mol. The minimum atomic E-state index is 0.640. The minimum absolute atomic E-state index is 0.640. The molecule has 2 aliphatic rings. The molecular formula is C18H20ClN7S. The molecule has 0 bridgehead atoms. The molecule has 2 atom stereocenters. The second-order valence-corrected chi connectivity index (χ2v) is 8.81. The summed E-state index contributed by atoms with van der Waals surface area (Å²) in [4.78, 5) is 11.9. The fourth-order valence-corrected chi connectivity index (χ4v) is 5.20. The van der Waals surface area contributed by atoms with Crippen molar-refractivity contribution in [3.8, 4) is 10.7 Å². The van der Waals surface area contributed by atoms with Crippen LogP contribution in [0.5, 0.6) is 0 Å². The third kappa shape index (κ3) is 3.06. The van der Waals surface area contributed by atoms with Gasteiger partial charge in [0.05, 0.1) is 28.8 Å². The van der Waals surface area contributed by atoms with Gasteiger partial charge in [-0.25, -0.2) is 4.98 Å². The van der Waals surface area contributed by atoms with Crippen LogP contribution < -0.4 is 9.80 Å². The maximum Gasteiger partial charge on any atom is 0.216 e. The van der Waals surface area contributed by atoms with Gasteiger partial charge in [0.15, 0.2) is 5.13 Å². The Kier molecular flexibility index (Phi) is 4.05. The smallest absolute Gasteiger partial charge is 0.216 e. The van der Waals surface area contributed by atoms with E-state index in [0.717, 1.165) is 41.2 Å². The van der Waals surface area contributed by atoms with Crippen LogP contribution in [0.1, 0.15) is 5.56 Å². The van der Waals surface area contributed by atoms with Crippen molar-refractivity contribution in [3.63, 3.8) is 0 Å². The van der Waals surface area contributed by atoms with Crippen molar-refractivity contribution in [2.24, 2.45) is 18.9 Å². The molecule has 2 aliphatic heterocycles. The van der Waals surface area contributed by atoms with Crippen LogP contribution in [0, 0.1) is 18.8 Å². The van der Waals surface area contributed by atoms with Gasteiger partial charge in [0, 0.05) is 38.0 Å². The number of hydrogen-bond donors (Lipinski definition) is 0.